The Morgan fingerprint density at radius 1 is 1.14 bits per heavy atom. The van der Waals surface area contributed by atoms with Gasteiger partial charge in [0.15, 0.2) is 0 Å². The summed E-state index contributed by atoms with van der Waals surface area (Å²) in [6, 6.07) is 9.95. The van der Waals surface area contributed by atoms with Crippen LogP contribution in [0.3, 0.4) is 0 Å². The fraction of sp³-hybridized carbons (Fsp3) is 0.0714. The largest absolute Gasteiger partial charge is 0.416 e. The first-order valence-corrected chi connectivity index (χ1v) is 7.58. The van der Waals surface area contributed by atoms with Gasteiger partial charge >= 0.3 is 6.18 Å². The monoisotopic (exact) mass is 469 g/mol. The summed E-state index contributed by atoms with van der Waals surface area (Å²) < 4.78 is 39.3. The molecular weight excluding hydrogens is 462 g/mol. The minimum atomic E-state index is -4.49. The standard InChI is InChI=1S/C14H8BrF3INO/c15-12-5-4-8(14(16,17)18)6-11(12)13(21)20-10-3-1-2-9(19)7-10/h1-7H,(H,20,21). The first-order valence-electron chi connectivity index (χ1n) is 5.71. The molecule has 2 nitrogen and oxygen atoms in total. The highest BCUT2D eigenvalue weighted by Crippen LogP contribution is 2.32. The second-order valence-corrected chi connectivity index (χ2v) is 6.26. The Labute approximate surface area is 141 Å². The predicted octanol–water partition coefficient (Wildman–Crippen LogP) is 5.32. The van der Waals surface area contributed by atoms with E-state index < -0.39 is 17.6 Å². The molecule has 0 spiro atoms. The molecule has 21 heavy (non-hydrogen) atoms. The zero-order valence-electron chi connectivity index (χ0n) is 10.3. The third kappa shape index (κ3) is 4.19. The predicted molar refractivity (Wildman–Crippen MR) is 86.3 cm³/mol. The fourth-order valence-corrected chi connectivity index (χ4v) is 2.61. The number of halogens is 5. The number of benzene rings is 2. The maximum absolute atomic E-state index is 12.7. The van der Waals surface area contributed by atoms with Gasteiger partial charge in [-0.15, -0.1) is 0 Å². The number of anilines is 1. The summed E-state index contributed by atoms with van der Waals surface area (Å²) in [7, 11) is 0. The summed E-state index contributed by atoms with van der Waals surface area (Å²) in [6.07, 6.45) is -4.49. The van der Waals surface area contributed by atoms with Gasteiger partial charge in [0.2, 0.25) is 0 Å². The van der Waals surface area contributed by atoms with E-state index in [0.717, 1.165) is 15.7 Å². The Morgan fingerprint density at radius 2 is 1.86 bits per heavy atom. The topological polar surface area (TPSA) is 29.1 Å². The summed E-state index contributed by atoms with van der Waals surface area (Å²) >= 11 is 5.18. The van der Waals surface area contributed by atoms with Crippen molar-refractivity contribution < 1.29 is 18.0 Å². The van der Waals surface area contributed by atoms with Crippen molar-refractivity contribution in [2.24, 2.45) is 0 Å². The van der Waals surface area contributed by atoms with Crippen molar-refractivity contribution in [3.63, 3.8) is 0 Å². The van der Waals surface area contributed by atoms with Crippen LogP contribution in [-0.2, 0) is 6.18 Å². The van der Waals surface area contributed by atoms with Crippen LogP contribution in [-0.4, -0.2) is 5.91 Å². The molecule has 0 bridgehead atoms. The maximum Gasteiger partial charge on any atom is 0.416 e. The summed E-state index contributed by atoms with van der Waals surface area (Å²) in [4.78, 5) is 12.1. The molecule has 2 aromatic carbocycles. The highest BCUT2D eigenvalue weighted by atomic mass is 127. The number of nitrogens with one attached hydrogen (secondary N) is 1. The molecule has 0 atom stereocenters. The van der Waals surface area contributed by atoms with Gasteiger partial charge < -0.3 is 5.32 Å². The zero-order chi connectivity index (χ0) is 15.6. The average Bonchev–Trinajstić information content (AvgIpc) is 2.37. The zero-order valence-corrected chi connectivity index (χ0v) is 14.1. The molecule has 0 unspecified atom stereocenters. The van der Waals surface area contributed by atoms with E-state index in [4.69, 9.17) is 0 Å². The van der Waals surface area contributed by atoms with Crippen LogP contribution in [0.5, 0.6) is 0 Å². The number of carbonyl (C=O) groups is 1. The van der Waals surface area contributed by atoms with Crippen molar-refractivity contribution in [1.82, 2.24) is 0 Å². The van der Waals surface area contributed by atoms with Crippen LogP contribution in [0.15, 0.2) is 46.9 Å². The molecule has 0 aliphatic carbocycles. The van der Waals surface area contributed by atoms with E-state index in [2.05, 4.69) is 43.8 Å². The van der Waals surface area contributed by atoms with Crippen LogP contribution >= 0.6 is 38.5 Å². The number of hydrogen-bond donors (Lipinski definition) is 1. The molecule has 1 N–H and O–H groups in total. The van der Waals surface area contributed by atoms with E-state index in [9.17, 15) is 18.0 Å². The van der Waals surface area contributed by atoms with E-state index in [1.165, 1.54) is 6.07 Å². The van der Waals surface area contributed by atoms with Gasteiger partial charge in [0.25, 0.3) is 5.91 Å². The van der Waals surface area contributed by atoms with Gasteiger partial charge in [-0.2, -0.15) is 13.2 Å². The molecule has 2 aromatic rings. The van der Waals surface area contributed by atoms with E-state index in [-0.39, 0.29) is 5.56 Å². The number of rotatable bonds is 2. The van der Waals surface area contributed by atoms with E-state index in [1.807, 2.05) is 6.07 Å². The lowest BCUT2D eigenvalue weighted by molar-refractivity contribution is -0.137. The second-order valence-electron chi connectivity index (χ2n) is 4.16. The Balaban J connectivity index is 2.31. The van der Waals surface area contributed by atoms with Crippen LogP contribution in [0.25, 0.3) is 0 Å². The van der Waals surface area contributed by atoms with Crippen LogP contribution in [0.4, 0.5) is 18.9 Å². The molecular formula is C14H8BrF3INO. The lowest BCUT2D eigenvalue weighted by Crippen LogP contribution is -2.14. The normalized spacial score (nSPS) is 11.3. The smallest absolute Gasteiger partial charge is 0.322 e. The van der Waals surface area contributed by atoms with Gasteiger partial charge in [-0.1, -0.05) is 6.07 Å². The third-order valence-electron chi connectivity index (χ3n) is 2.62. The molecule has 0 aromatic heterocycles. The van der Waals surface area contributed by atoms with Crippen molar-refractivity contribution in [3.8, 4) is 0 Å². The quantitative estimate of drug-likeness (QED) is 0.592. The van der Waals surface area contributed by atoms with Crippen LogP contribution in [0.1, 0.15) is 15.9 Å². The molecule has 0 saturated heterocycles. The molecule has 0 aliphatic rings. The van der Waals surface area contributed by atoms with Gasteiger partial charge in [0.1, 0.15) is 0 Å². The van der Waals surface area contributed by atoms with E-state index >= 15 is 0 Å². The van der Waals surface area contributed by atoms with Crippen LogP contribution in [0, 0.1) is 3.57 Å². The molecule has 0 fully saturated rings. The Bertz CT molecular complexity index is 688. The second kappa shape index (κ2) is 6.35. The molecule has 110 valence electrons. The number of hydrogen-bond acceptors (Lipinski definition) is 1. The highest BCUT2D eigenvalue weighted by Gasteiger charge is 2.31. The molecule has 0 saturated carbocycles. The lowest BCUT2D eigenvalue weighted by atomic mass is 10.1. The van der Waals surface area contributed by atoms with Crippen molar-refractivity contribution in [2.45, 2.75) is 6.18 Å². The summed E-state index contributed by atoms with van der Waals surface area (Å²) in [6.45, 7) is 0. The molecule has 1 amide bonds. The van der Waals surface area contributed by atoms with E-state index in [0.29, 0.717) is 10.2 Å². The molecule has 0 radical (unpaired) electrons. The van der Waals surface area contributed by atoms with E-state index in [1.54, 1.807) is 18.2 Å². The molecule has 2 rings (SSSR count). The average molecular weight is 470 g/mol. The molecule has 0 heterocycles. The molecule has 7 heteroatoms. The first kappa shape index (κ1) is 16.3. The SMILES string of the molecule is O=C(Nc1cccc(I)c1)c1cc(C(F)(F)F)ccc1Br. The Hall–Kier alpha value is -1.09. The van der Waals surface area contributed by atoms with Crippen LogP contribution < -0.4 is 5.32 Å². The molecule has 0 aliphatic heterocycles. The first-order chi connectivity index (χ1) is 9.77. The number of alkyl halides is 3. The number of amides is 1. The Morgan fingerprint density at radius 3 is 2.48 bits per heavy atom. The highest BCUT2D eigenvalue weighted by molar-refractivity contribution is 14.1. The van der Waals surface area contributed by atoms with Crippen molar-refractivity contribution in [2.75, 3.05) is 5.32 Å². The van der Waals surface area contributed by atoms with Crippen LogP contribution in [0.2, 0.25) is 0 Å². The van der Waals surface area contributed by atoms with Gasteiger partial charge in [0.05, 0.1) is 11.1 Å². The summed E-state index contributed by atoms with van der Waals surface area (Å²) in [5.74, 6) is -0.602. The number of carbonyl (C=O) groups excluding carboxylic acids is 1. The van der Waals surface area contributed by atoms with Crippen molar-refractivity contribution >= 4 is 50.1 Å². The van der Waals surface area contributed by atoms with Gasteiger partial charge in [-0.05, 0) is 74.9 Å². The summed E-state index contributed by atoms with van der Waals surface area (Å²) in [5.41, 5.74) is -0.404. The van der Waals surface area contributed by atoms with Gasteiger partial charge in [-0.3, -0.25) is 4.79 Å². The fourth-order valence-electron chi connectivity index (χ4n) is 1.64. The maximum atomic E-state index is 12.7. The third-order valence-corrected chi connectivity index (χ3v) is 3.98. The minimum Gasteiger partial charge on any atom is -0.322 e. The van der Waals surface area contributed by atoms with Crippen molar-refractivity contribution in [3.05, 3.63) is 61.6 Å². The minimum absolute atomic E-state index is 0.0660. The van der Waals surface area contributed by atoms with Gasteiger partial charge in [-0.25, -0.2) is 0 Å². The Kier molecular flexibility index (Phi) is 4.92. The van der Waals surface area contributed by atoms with Gasteiger partial charge in [0, 0.05) is 13.7 Å². The van der Waals surface area contributed by atoms with Crippen molar-refractivity contribution in [1.29, 1.82) is 0 Å². The summed E-state index contributed by atoms with van der Waals surface area (Å²) in [5, 5.41) is 2.58. The lowest BCUT2D eigenvalue weighted by Gasteiger charge is -2.11.